The van der Waals surface area contributed by atoms with Crippen LogP contribution < -0.4 is 0 Å². The highest BCUT2D eigenvalue weighted by Gasteiger charge is 2.31. The lowest BCUT2D eigenvalue weighted by molar-refractivity contribution is 0.136. The minimum Gasteiger partial charge on any atom is -0.392 e. The predicted molar refractivity (Wildman–Crippen MR) is 60.2 cm³/mol. The van der Waals surface area contributed by atoms with Gasteiger partial charge < -0.3 is 5.11 Å². The van der Waals surface area contributed by atoms with Gasteiger partial charge in [-0.1, -0.05) is 24.6 Å². The number of thioether (sulfide) groups is 1. The van der Waals surface area contributed by atoms with Crippen LogP contribution >= 0.6 is 11.8 Å². The number of nitrogens with zero attached hydrogens (tertiary/aromatic N) is 4. The zero-order valence-electron chi connectivity index (χ0n) is 9.12. The number of hydrogen-bond acceptors (Lipinski definition) is 5. The van der Waals surface area contributed by atoms with Crippen LogP contribution in [0.5, 0.6) is 0 Å². The standard InChI is InChI=1S/C10H16N4OS/c15-8-3-1-2-4-9(8)16-10-11-12-13-14(10)7-5-6-7/h7-9,15H,1-6H2/t8-,9-/m0/s1. The van der Waals surface area contributed by atoms with Gasteiger partial charge in [0, 0.05) is 5.25 Å². The number of aromatic nitrogens is 4. The summed E-state index contributed by atoms with van der Waals surface area (Å²) in [6.07, 6.45) is 6.53. The van der Waals surface area contributed by atoms with E-state index in [0.717, 1.165) is 24.4 Å². The first-order valence-corrected chi connectivity index (χ1v) is 6.85. The maximum Gasteiger partial charge on any atom is 0.209 e. The van der Waals surface area contributed by atoms with Gasteiger partial charge in [-0.2, -0.15) is 0 Å². The summed E-state index contributed by atoms with van der Waals surface area (Å²) < 4.78 is 1.92. The highest BCUT2D eigenvalue weighted by Crippen LogP contribution is 2.39. The first kappa shape index (κ1) is 10.5. The Hall–Kier alpha value is -0.620. The number of aliphatic hydroxyl groups excluding tert-OH is 1. The molecular weight excluding hydrogens is 224 g/mol. The lowest BCUT2D eigenvalue weighted by Gasteiger charge is -2.26. The molecule has 0 saturated heterocycles. The monoisotopic (exact) mass is 240 g/mol. The molecule has 5 nitrogen and oxygen atoms in total. The fourth-order valence-corrected chi connectivity index (χ4v) is 3.39. The maximum absolute atomic E-state index is 9.91. The lowest BCUT2D eigenvalue weighted by Crippen LogP contribution is -2.27. The Kier molecular flexibility index (Phi) is 2.85. The molecule has 0 bridgehead atoms. The molecule has 2 aliphatic rings. The fraction of sp³-hybridized carbons (Fsp3) is 0.900. The molecule has 2 fully saturated rings. The van der Waals surface area contributed by atoms with E-state index in [9.17, 15) is 5.11 Å². The quantitative estimate of drug-likeness (QED) is 0.865. The van der Waals surface area contributed by atoms with Crippen molar-refractivity contribution in [3.63, 3.8) is 0 Å². The van der Waals surface area contributed by atoms with Crippen molar-refractivity contribution in [3.8, 4) is 0 Å². The van der Waals surface area contributed by atoms with Crippen LogP contribution in [0, 0.1) is 0 Å². The molecule has 0 amide bonds. The van der Waals surface area contributed by atoms with Gasteiger partial charge in [-0.15, -0.1) is 5.10 Å². The Morgan fingerprint density at radius 3 is 2.75 bits per heavy atom. The maximum atomic E-state index is 9.91. The zero-order valence-corrected chi connectivity index (χ0v) is 9.94. The third-order valence-corrected chi connectivity index (χ3v) is 4.61. The molecule has 1 aromatic heterocycles. The van der Waals surface area contributed by atoms with Crippen LogP contribution in [-0.2, 0) is 0 Å². The third kappa shape index (κ3) is 2.08. The van der Waals surface area contributed by atoms with Crippen molar-refractivity contribution < 1.29 is 5.11 Å². The van der Waals surface area contributed by atoms with E-state index in [-0.39, 0.29) is 11.4 Å². The van der Waals surface area contributed by atoms with Gasteiger partial charge in [-0.3, -0.25) is 0 Å². The largest absolute Gasteiger partial charge is 0.392 e. The van der Waals surface area contributed by atoms with Crippen LogP contribution in [0.15, 0.2) is 5.16 Å². The van der Waals surface area contributed by atoms with Crippen LogP contribution in [0.3, 0.4) is 0 Å². The average Bonchev–Trinajstić information content (AvgIpc) is 3.03. The van der Waals surface area contributed by atoms with E-state index in [1.165, 1.54) is 19.3 Å². The second-order valence-corrected chi connectivity index (χ2v) is 5.85. The molecule has 3 rings (SSSR count). The van der Waals surface area contributed by atoms with Gasteiger partial charge >= 0.3 is 0 Å². The van der Waals surface area contributed by atoms with Gasteiger partial charge in [0.1, 0.15) is 0 Å². The molecule has 88 valence electrons. The Morgan fingerprint density at radius 2 is 2.00 bits per heavy atom. The summed E-state index contributed by atoms with van der Waals surface area (Å²) in [6, 6.07) is 0.512. The van der Waals surface area contributed by atoms with E-state index in [4.69, 9.17) is 0 Å². The fourth-order valence-electron chi connectivity index (χ4n) is 2.16. The van der Waals surface area contributed by atoms with Crippen molar-refractivity contribution in [1.82, 2.24) is 20.2 Å². The summed E-state index contributed by atoms with van der Waals surface area (Å²) in [4.78, 5) is 0. The first-order valence-electron chi connectivity index (χ1n) is 5.97. The van der Waals surface area contributed by atoms with E-state index in [0.29, 0.717) is 6.04 Å². The normalized spacial score (nSPS) is 30.6. The van der Waals surface area contributed by atoms with Gasteiger partial charge in [0.05, 0.1) is 12.1 Å². The summed E-state index contributed by atoms with van der Waals surface area (Å²) in [5.41, 5.74) is 0. The molecule has 2 saturated carbocycles. The molecule has 2 atom stereocenters. The Labute approximate surface area is 98.6 Å². The number of aliphatic hydroxyl groups is 1. The van der Waals surface area contributed by atoms with Gasteiger partial charge in [0.25, 0.3) is 0 Å². The van der Waals surface area contributed by atoms with Crippen molar-refractivity contribution in [2.24, 2.45) is 0 Å². The molecule has 6 heteroatoms. The SMILES string of the molecule is O[C@H]1CCCC[C@@H]1Sc1nnnn1C1CC1. The lowest BCUT2D eigenvalue weighted by atomic mass is 9.97. The van der Waals surface area contributed by atoms with E-state index in [1.54, 1.807) is 11.8 Å². The minimum absolute atomic E-state index is 0.192. The number of tetrazole rings is 1. The molecule has 0 radical (unpaired) electrons. The molecule has 16 heavy (non-hydrogen) atoms. The van der Waals surface area contributed by atoms with Gasteiger partial charge in [-0.25, -0.2) is 4.68 Å². The second-order valence-electron chi connectivity index (χ2n) is 4.65. The van der Waals surface area contributed by atoms with Gasteiger partial charge in [0.2, 0.25) is 5.16 Å². The van der Waals surface area contributed by atoms with Gasteiger partial charge in [-0.05, 0) is 36.1 Å². The molecule has 0 aliphatic heterocycles. The molecule has 0 aromatic carbocycles. The van der Waals surface area contributed by atoms with Crippen LogP contribution in [-0.4, -0.2) is 36.7 Å². The Balaban J connectivity index is 1.70. The van der Waals surface area contributed by atoms with Gasteiger partial charge in [0.15, 0.2) is 0 Å². The molecule has 1 N–H and O–H groups in total. The predicted octanol–water partition coefficient (Wildman–Crippen LogP) is 1.40. The van der Waals surface area contributed by atoms with E-state index < -0.39 is 0 Å². The third-order valence-electron chi connectivity index (χ3n) is 3.28. The second kappa shape index (κ2) is 4.33. The smallest absolute Gasteiger partial charge is 0.209 e. The highest BCUT2D eigenvalue weighted by atomic mass is 32.2. The van der Waals surface area contributed by atoms with Crippen molar-refractivity contribution in [1.29, 1.82) is 0 Å². The molecule has 2 aliphatic carbocycles. The average molecular weight is 240 g/mol. The topological polar surface area (TPSA) is 63.8 Å². The summed E-state index contributed by atoms with van der Waals surface area (Å²) in [5, 5.41) is 22.9. The van der Waals surface area contributed by atoms with E-state index in [1.807, 2.05) is 4.68 Å². The van der Waals surface area contributed by atoms with Crippen molar-refractivity contribution in [2.75, 3.05) is 0 Å². The molecule has 0 spiro atoms. The Morgan fingerprint density at radius 1 is 1.19 bits per heavy atom. The summed E-state index contributed by atoms with van der Waals surface area (Å²) in [6.45, 7) is 0. The van der Waals surface area contributed by atoms with Crippen LogP contribution in [0.2, 0.25) is 0 Å². The zero-order chi connectivity index (χ0) is 11.0. The Bertz CT molecular complexity index is 365. The van der Waals surface area contributed by atoms with E-state index >= 15 is 0 Å². The summed E-state index contributed by atoms with van der Waals surface area (Å²) in [7, 11) is 0. The summed E-state index contributed by atoms with van der Waals surface area (Å²) >= 11 is 1.65. The molecule has 0 unspecified atom stereocenters. The van der Waals surface area contributed by atoms with Crippen molar-refractivity contribution >= 4 is 11.8 Å². The minimum atomic E-state index is -0.192. The van der Waals surface area contributed by atoms with Crippen LogP contribution in [0.4, 0.5) is 0 Å². The molecular formula is C10H16N4OS. The number of rotatable bonds is 3. The van der Waals surface area contributed by atoms with Crippen molar-refractivity contribution in [2.45, 2.75) is 61.1 Å². The molecule has 1 heterocycles. The summed E-state index contributed by atoms with van der Waals surface area (Å²) in [5.74, 6) is 0. The highest BCUT2D eigenvalue weighted by molar-refractivity contribution is 7.99. The van der Waals surface area contributed by atoms with Crippen LogP contribution in [0.1, 0.15) is 44.6 Å². The van der Waals surface area contributed by atoms with Crippen molar-refractivity contribution in [3.05, 3.63) is 0 Å². The van der Waals surface area contributed by atoms with E-state index in [2.05, 4.69) is 15.5 Å². The first-order chi connectivity index (χ1) is 7.84. The number of hydrogen-bond donors (Lipinski definition) is 1. The van der Waals surface area contributed by atoms with Crippen LogP contribution in [0.25, 0.3) is 0 Å². The molecule has 1 aromatic rings.